The van der Waals surface area contributed by atoms with Crippen molar-refractivity contribution in [2.45, 2.75) is 25.9 Å². The van der Waals surface area contributed by atoms with Crippen molar-refractivity contribution in [2.24, 2.45) is 11.7 Å². The highest BCUT2D eigenvalue weighted by atomic mass is 16.2. The summed E-state index contributed by atoms with van der Waals surface area (Å²) >= 11 is 0. The number of hydrogen-bond acceptors (Lipinski definition) is 4. The quantitative estimate of drug-likeness (QED) is 0.821. The minimum absolute atomic E-state index is 0.348. The van der Waals surface area contributed by atoms with Gasteiger partial charge in [-0.25, -0.2) is 4.79 Å². The Kier molecular flexibility index (Phi) is 6.12. The van der Waals surface area contributed by atoms with E-state index in [1.807, 2.05) is 18.0 Å². The van der Waals surface area contributed by atoms with Crippen LogP contribution < -0.4 is 11.1 Å². The standard InChI is InChI=1S/C17H26N4O2/c1-13(16(22)19-17(18)23)20(2)10-15-8-9-21(12-15)11-14-6-4-3-5-7-14/h3-7,13,15H,8-12H2,1-2H3,(H3,18,19,22,23)/t13-,15-/m0/s1. The molecule has 2 atom stereocenters. The summed E-state index contributed by atoms with van der Waals surface area (Å²) in [5.41, 5.74) is 6.32. The van der Waals surface area contributed by atoms with Gasteiger partial charge in [-0.05, 0) is 38.4 Å². The number of imide groups is 1. The summed E-state index contributed by atoms with van der Waals surface area (Å²) in [6.45, 7) is 5.70. The van der Waals surface area contributed by atoms with Crippen LogP contribution in [0.1, 0.15) is 18.9 Å². The molecule has 0 aliphatic carbocycles. The number of nitrogens with zero attached hydrogens (tertiary/aromatic N) is 2. The van der Waals surface area contributed by atoms with E-state index in [-0.39, 0.29) is 11.9 Å². The molecule has 1 aromatic carbocycles. The summed E-state index contributed by atoms with van der Waals surface area (Å²) in [6, 6.07) is 9.29. The molecule has 6 nitrogen and oxygen atoms in total. The van der Waals surface area contributed by atoms with Gasteiger partial charge >= 0.3 is 6.03 Å². The van der Waals surface area contributed by atoms with Crippen molar-refractivity contribution in [3.63, 3.8) is 0 Å². The Balaban J connectivity index is 1.78. The molecular weight excluding hydrogens is 292 g/mol. The maximum Gasteiger partial charge on any atom is 0.318 e. The second-order valence-corrected chi connectivity index (χ2v) is 6.34. The lowest BCUT2D eigenvalue weighted by Gasteiger charge is -2.26. The first-order valence-corrected chi connectivity index (χ1v) is 8.02. The van der Waals surface area contributed by atoms with Gasteiger partial charge in [-0.1, -0.05) is 30.3 Å². The van der Waals surface area contributed by atoms with Gasteiger partial charge in [-0.2, -0.15) is 0 Å². The average Bonchev–Trinajstić information content (AvgIpc) is 2.93. The molecule has 2 rings (SSSR count). The lowest BCUT2D eigenvalue weighted by Crippen LogP contribution is -2.48. The van der Waals surface area contributed by atoms with E-state index >= 15 is 0 Å². The summed E-state index contributed by atoms with van der Waals surface area (Å²) < 4.78 is 0. The molecule has 1 aliphatic rings. The lowest BCUT2D eigenvalue weighted by molar-refractivity contribution is -0.124. The lowest BCUT2D eigenvalue weighted by atomic mass is 10.1. The van der Waals surface area contributed by atoms with Crippen LogP contribution in [0.4, 0.5) is 4.79 Å². The molecule has 1 fully saturated rings. The van der Waals surface area contributed by atoms with Crippen LogP contribution >= 0.6 is 0 Å². The van der Waals surface area contributed by atoms with Gasteiger partial charge in [0.25, 0.3) is 0 Å². The number of benzene rings is 1. The maximum absolute atomic E-state index is 11.8. The van der Waals surface area contributed by atoms with E-state index in [2.05, 4.69) is 34.5 Å². The van der Waals surface area contributed by atoms with E-state index in [9.17, 15) is 9.59 Å². The Morgan fingerprint density at radius 1 is 1.39 bits per heavy atom. The van der Waals surface area contributed by atoms with Crippen molar-refractivity contribution in [1.29, 1.82) is 0 Å². The molecule has 1 aliphatic heterocycles. The number of carbonyl (C=O) groups excluding carboxylic acids is 2. The van der Waals surface area contributed by atoms with Crippen molar-refractivity contribution in [2.75, 3.05) is 26.7 Å². The zero-order valence-corrected chi connectivity index (χ0v) is 13.9. The molecule has 1 heterocycles. The van der Waals surface area contributed by atoms with E-state index in [0.717, 1.165) is 32.6 Å². The third-order valence-electron chi connectivity index (χ3n) is 4.45. The van der Waals surface area contributed by atoms with Gasteiger partial charge in [0.2, 0.25) is 5.91 Å². The Morgan fingerprint density at radius 2 is 2.09 bits per heavy atom. The fraction of sp³-hybridized carbons (Fsp3) is 0.529. The summed E-state index contributed by atoms with van der Waals surface area (Å²) in [5.74, 6) is 0.187. The van der Waals surface area contributed by atoms with Gasteiger partial charge in [0.05, 0.1) is 6.04 Å². The van der Waals surface area contributed by atoms with Gasteiger partial charge in [0.1, 0.15) is 0 Å². The Morgan fingerprint density at radius 3 is 2.74 bits per heavy atom. The van der Waals surface area contributed by atoms with Crippen LogP contribution in [0.15, 0.2) is 30.3 Å². The van der Waals surface area contributed by atoms with Crippen molar-refractivity contribution < 1.29 is 9.59 Å². The highest BCUT2D eigenvalue weighted by Crippen LogP contribution is 2.20. The molecule has 126 valence electrons. The molecule has 3 amide bonds. The first-order valence-electron chi connectivity index (χ1n) is 8.02. The van der Waals surface area contributed by atoms with Crippen LogP contribution in [-0.4, -0.2) is 54.5 Å². The highest BCUT2D eigenvalue weighted by molar-refractivity contribution is 5.96. The van der Waals surface area contributed by atoms with Crippen molar-refractivity contribution >= 4 is 11.9 Å². The van der Waals surface area contributed by atoms with Gasteiger partial charge in [0.15, 0.2) is 0 Å². The summed E-state index contributed by atoms with van der Waals surface area (Å²) in [7, 11) is 1.91. The van der Waals surface area contributed by atoms with E-state index in [4.69, 9.17) is 5.73 Å². The average molecular weight is 318 g/mol. The molecule has 0 bridgehead atoms. The molecule has 0 saturated carbocycles. The normalized spacial score (nSPS) is 19.7. The summed E-state index contributed by atoms with van der Waals surface area (Å²) in [4.78, 5) is 27.0. The monoisotopic (exact) mass is 318 g/mol. The SMILES string of the molecule is C[C@@H](C(=O)NC(N)=O)N(C)C[C@@H]1CCN(Cc2ccccc2)C1. The first-order chi connectivity index (χ1) is 11.0. The van der Waals surface area contributed by atoms with Crippen LogP contribution in [0.5, 0.6) is 0 Å². The van der Waals surface area contributed by atoms with Gasteiger partial charge in [-0.3, -0.25) is 19.9 Å². The minimum atomic E-state index is -0.801. The third kappa shape index (κ3) is 5.33. The zero-order valence-electron chi connectivity index (χ0n) is 13.9. The molecule has 0 unspecified atom stereocenters. The number of rotatable bonds is 6. The Bertz CT molecular complexity index is 535. The molecule has 1 aromatic rings. The molecular formula is C17H26N4O2. The van der Waals surface area contributed by atoms with E-state index in [1.54, 1.807) is 6.92 Å². The van der Waals surface area contributed by atoms with Crippen LogP contribution in [0.25, 0.3) is 0 Å². The predicted octanol–water partition coefficient (Wildman–Crippen LogP) is 1.02. The van der Waals surface area contributed by atoms with Crippen LogP contribution in [0, 0.1) is 5.92 Å². The van der Waals surface area contributed by atoms with E-state index in [1.165, 1.54) is 5.56 Å². The van der Waals surface area contributed by atoms with E-state index < -0.39 is 6.03 Å². The topological polar surface area (TPSA) is 78.7 Å². The number of likely N-dealkylation sites (N-methyl/N-ethyl adjacent to an activating group) is 1. The smallest absolute Gasteiger partial charge is 0.318 e. The van der Waals surface area contributed by atoms with Crippen LogP contribution in [0.2, 0.25) is 0 Å². The number of nitrogens with two attached hydrogens (primary N) is 1. The molecule has 3 N–H and O–H groups in total. The summed E-state index contributed by atoms with van der Waals surface area (Å²) in [6.07, 6.45) is 1.13. The van der Waals surface area contributed by atoms with Gasteiger partial charge in [0, 0.05) is 19.6 Å². The second kappa shape index (κ2) is 8.08. The maximum atomic E-state index is 11.8. The van der Waals surface area contributed by atoms with Gasteiger partial charge < -0.3 is 5.73 Å². The van der Waals surface area contributed by atoms with Crippen molar-refractivity contribution in [3.8, 4) is 0 Å². The Labute approximate surface area is 137 Å². The van der Waals surface area contributed by atoms with E-state index in [0.29, 0.717) is 5.92 Å². The zero-order chi connectivity index (χ0) is 16.8. The number of hydrogen-bond donors (Lipinski definition) is 2. The first kappa shape index (κ1) is 17.4. The summed E-state index contributed by atoms with van der Waals surface area (Å²) in [5, 5.41) is 2.14. The minimum Gasteiger partial charge on any atom is -0.351 e. The molecule has 1 saturated heterocycles. The van der Waals surface area contributed by atoms with Gasteiger partial charge in [-0.15, -0.1) is 0 Å². The largest absolute Gasteiger partial charge is 0.351 e. The number of amides is 3. The molecule has 0 aromatic heterocycles. The van der Waals surface area contributed by atoms with Crippen molar-refractivity contribution in [3.05, 3.63) is 35.9 Å². The van der Waals surface area contributed by atoms with Crippen molar-refractivity contribution in [1.82, 2.24) is 15.1 Å². The molecule has 6 heteroatoms. The van der Waals surface area contributed by atoms with Crippen LogP contribution in [-0.2, 0) is 11.3 Å². The Hall–Kier alpha value is -1.92. The highest BCUT2D eigenvalue weighted by Gasteiger charge is 2.27. The molecule has 23 heavy (non-hydrogen) atoms. The number of carbonyl (C=O) groups is 2. The molecule has 0 spiro atoms. The second-order valence-electron chi connectivity index (χ2n) is 6.34. The van der Waals surface area contributed by atoms with Crippen LogP contribution in [0.3, 0.4) is 0 Å². The molecule has 0 radical (unpaired) electrons. The number of urea groups is 1. The number of likely N-dealkylation sites (tertiary alicyclic amines) is 1. The number of nitrogens with one attached hydrogen (secondary N) is 1. The predicted molar refractivity (Wildman–Crippen MR) is 89.6 cm³/mol. The fourth-order valence-electron chi connectivity index (χ4n) is 3.04. The third-order valence-corrected chi connectivity index (χ3v) is 4.45. The fourth-order valence-corrected chi connectivity index (χ4v) is 3.04. The number of primary amides is 1.